The van der Waals surface area contributed by atoms with Crippen molar-refractivity contribution in [2.75, 3.05) is 31.1 Å². The maximum absolute atomic E-state index is 13.3. The number of para-hydroxylation sites is 1. The number of carbonyl (C=O) groups is 2. The first-order valence-corrected chi connectivity index (χ1v) is 11.6. The van der Waals surface area contributed by atoms with Gasteiger partial charge < -0.3 is 14.5 Å². The molecule has 0 bridgehead atoms. The molecule has 32 heavy (non-hydrogen) atoms. The lowest BCUT2D eigenvalue weighted by Crippen LogP contribution is -2.45. The minimum atomic E-state index is -0.413. The molecule has 4 rings (SSSR count). The maximum Gasteiger partial charge on any atom is 0.254 e. The lowest BCUT2D eigenvalue weighted by molar-refractivity contribution is -0.120. The van der Waals surface area contributed by atoms with Crippen LogP contribution in [-0.4, -0.2) is 66.0 Å². The number of ether oxygens (including phenoxy) is 1. The van der Waals surface area contributed by atoms with E-state index in [1.807, 2.05) is 61.5 Å². The van der Waals surface area contributed by atoms with Gasteiger partial charge in [-0.15, -0.1) is 0 Å². The van der Waals surface area contributed by atoms with Crippen LogP contribution in [0.3, 0.4) is 0 Å². The molecule has 170 valence electrons. The molecule has 2 aromatic rings. The Kier molecular flexibility index (Phi) is 6.92. The van der Waals surface area contributed by atoms with E-state index >= 15 is 0 Å². The number of anilines is 1. The summed E-state index contributed by atoms with van der Waals surface area (Å²) in [5.74, 6) is -0.0838. The molecule has 2 aliphatic rings. The molecule has 6 nitrogen and oxygen atoms in total. The Bertz CT molecular complexity index is 921. The van der Waals surface area contributed by atoms with Crippen LogP contribution >= 0.6 is 0 Å². The highest BCUT2D eigenvalue weighted by Gasteiger charge is 2.38. The third-order valence-corrected chi connectivity index (χ3v) is 6.33. The van der Waals surface area contributed by atoms with Gasteiger partial charge in [-0.2, -0.15) is 0 Å². The zero-order chi connectivity index (χ0) is 22.7. The van der Waals surface area contributed by atoms with Gasteiger partial charge in [-0.05, 0) is 57.0 Å². The Morgan fingerprint density at radius 1 is 1.03 bits per heavy atom. The Morgan fingerprint density at radius 3 is 2.31 bits per heavy atom. The van der Waals surface area contributed by atoms with E-state index in [1.54, 1.807) is 9.80 Å². The van der Waals surface area contributed by atoms with Crippen LogP contribution in [0.4, 0.5) is 5.69 Å². The number of rotatable bonds is 6. The van der Waals surface area contributed by atoms with E-state index in [1.165, 1.54) is 5.56 Å². The second kappa shape index (κ2) is 9.84. The van der Waals surface area contributed by atoms with E-state index < -0.39 is 6.04 Å². The van der Waals surface area contributed by atoms with Crippen LogP contribution in [0.5, 0.6) is 0 Å². The minimum absolute atomic E-state index is 0.00132. The molecule has 3 atom stereocenters. The van der Waals surface area contributed by atoms with Crippen molar-refractivity contribution in [2.45, 2.75) is 52.0 Å². The van der Waals surface area contributed by atoms with Gasteiger partial charge in [-0.3, -0.25) is 14.5 Å². The van der Waals surface area contributed by atoms with Gasteiger partial charge in [0.2, 0.25) is 5.91 Å². The van der Waals surface area contributed by atoms with E-state index in [-0.39, 0.29) is 24.0 Å². The van der Waals surface area contributed by atoms with Crippen molar-refractivity contribution in [3.8, 4) is 0 Å². The number of nitrogens with zero attached hydrogens (tertiary/aromatic N) is 3. The summed E-state index contributed by atoms with van der Waals surface area (Å²) >= 11 is 0. The Labute approximate surface area is 190 Å². The van der Waals surface area contributed by atoms with Gasteiger partial charge in [0.25, 0.3) is 5.91 Å². The lowest BCUT2D eigenvalue weighted by Gasteiger charge is -2.35. The molecule has 0 aromatic heterocycles. The number of hydrogen-bond donors (Lipinski definition) is 0. The molecule has 0 N–H and O–H groups in total. The van der Waals surface area contributed by atoms with Crippen molar-refractivity contribution in [3.63, 3.8) is 0 Å². The zero-order valence-corrected chi connectivity index (χ0v) is 19.2. The average molecular weight is 436 g/mol. The molecule has 2 aliphatic heterocycles. The lowest BCUT2D eigenvalue weighted by atomic mass is 10.1. The van der Waals surface area contributed by atoms with Gasteiger partial charge in [-0.1, -0.05) is 30.3 Å². The van der Waals surface area contributed by atoms with Crippen molar-refractivity contribution in [2.24, 2.45) is 0 Å². The Morgan fingerprint density at radius 2 is 1.69 bits per heavy atom. The second-order valence-electron chi connectivity index (χ2n) is 8.87. The first-order valence-electron chi connectivity index (χ1n) is 11.6. The van der Waals surface area contributed by atoms with Crippen LogP contribution in [0.1, 0.15) is 43.1 Å². The summed E-state index contributed by atoms with van der Waals surface area (Å²) < 4.78 is 5.81. The molecular weight excluding hydrogens is 402 g/mol. The zero-order valence-electron chi connectivity index (χ0n) is 19.2. The molecule has 0 saturated carbocycles. The fourth-order valence-electron chi connectivity index (χ4n) is 4.91. The van der Waals surface area contributed by atoms with Gasteiger partial charge in [0.15, 0.2) is 0 Å². The van der Waals surface area contributed by atoms with E-state index in [2.05, 4.69) is 18.7 Å². The molecule has 2 amide bonds. The first-order chi connectivity index (χ1) is 15.5. The number of likely N-dealkylation sites (N-methyl/N-ethyl adjacent to an activating group) is 1. The Hall–Kier alpha value is -2.70. The molecule has 2 heterocycles. The average Bonchev–Trinajstić information content (AvgIpc) is 3.16. The van der Waals surface area contributed by atoms with E-state index in [0.717, 1.165) is 25.3 Å². The van der Waals surface area contributed by atoms with Gasteiger partial charge in [0.05, 0.1) is 12.2 Å². The third-order valence-electron chi connectivity index (χ3n) is 6.33. The predicted octanol–water partition coefficient (Wildman–Crippen LogP) is 3.56. The highest BCUT2D eigenvalue weighted by atomic mass is 16.5. The summed E-state index contributed by atoms with van der Waals surface area (Å²) in [6.45, 7) is 9.95. The number of hydrogen-bond acceptors (Lipinski definition) is 4. The largest absolute Gasteiger partial charge is 0.373 e. The number of carbonyl (C=O) groups excluding carboxylic acids is 2. The highest BCUT2D eigenvalue weighted by molar-refractivity contribution is 6.03. The molecule has 0 aliphatic carbocycles. The monoisotopic (exact) mass is 435 g/mol. The number of benzene rings is 2. The molecule has 2 saturated heterocycles. The van der Waals surface area contributed by atoms with Gasteiger partial charge in [-0.25, -0.2) is 0 Å². The van der Waals surface area contributed by atoms with Gasteiger partial charge >= 0.3 is 0 Å². The summed E-state index contributed by atoms with van der Waals surface area (Å²) in [6, 6.07) is 17.1. The fourth-order valence-corrected chi connectivity index (χ4v) is 4.91. The molecule has 2 fully saturated rings. The first kappa shape index (κ1) is 22.5. The van der Waals surface area contributed by atoms with Gasteiger partial charge in [0.1, 0.15) is 6.04 Å². The summed E-state index contributed by atoms with van der Waals surface area (Å²) in [5.41, 5.74) is 2.70. The van der Waals surface area contributed by atoms with Crippen molar-refractivity contribution in [3.05, 3.63) is 65.7 Å². The quantitative estimate of drug-likeness (QED) is 0.696. The van der Waals surface area contributed by atoms with Crippen LogP contribution in [0, 0.1) is 0 Å². The third kappa shape index (κ3) is 4.87. The standard InChI is InChI=1S/C26H33N3O3/c1-4-28(24-14-15-29(26(24)31)23-8-6-5-7-9-23)25(30)22-12-10-21(11-13-22)18-27-16-19(2)32-20(3)17-27/h5-13,19-20,24H,4,14-18H2,1-3H3. The smallest absolute Gasteiger partial charge is 0.254 e. The van der Waals surface area contributed by atoms with Crippen LogP contribution in [0.25, 0.3) is 0 Å². The molecule has 3 unspecified atom stereocenters. The number of amides is 2. The number of morpholine rings is 1. The predicted molar refractivity (Wildman–Crippen MR) is 126 cm³/mol. The summed E-state index contributed by atoms with van der Waals surface area (Å²) in [4.78, 5) is 32.2. The normalized spacial score (nSPS) is 24.0. The fraction of sp³-hybridized carbons (Fsp3) is 0.462. The highest BCUT2D eigenvalue weighted by Crippen LogP contribution is 2.25. The topological polar surface area (TPSA) is 53.1 Å². The van der Waals surface area contributed by atoms with Gasteiger partial charge in [0, 0.05) is 44.0 Å². The molecular formula is C26H33N3O3. The molecule has 6 heteroatoms. The van der Waals surface area contributed by atoms with E-state index in [0.29, 0.717) is 25.1 Å². The van der Waals surface area contributed by atoms with Crippen LogP contribution in [-0.2, 0) is 16.1 Å². The molecule has 0 spiro atoms. The minimum Gasteiger partial charge on any atom is -0.373 e. The summed E-state index contributed by atoms with van der Waals surface area (Å²) in [5, 5.41) is 0. The summed E-state index contributed by atoms with van der Waals surface area (Å²) in [6.07, 6.45) is 1.12. The van der Waals surface area contributed by atoms with E-state index in [4.69, 9.17) is 4.74 Å². The van der Waals surface area contributed by atoms with Crippen molar-refractivity contribution in [1.82, 2.24) is 9.80 Å². The van der Waals surface area contributed by atoms with Crippen molar-refractivity contribution < 1.29 is 14.3 Å². The second-order valence-corrected chi connectivity index (χ2v) is 8.87. The SMILES string of the molecule is CCN(C(=O)c1ccc(CN2CC(C)OC(C)C2)cc1)C1CCN(c2ccccc2)C1=O. The van der Waals surface area contributed by atoms with Crippen LogP contribution in [0.15, 0.2) is 54.6 Å². The van der Waals surface area contributed by atoms with Crippen molar-refractivity contribution in [1.29, 1.82) is 0 Å². The molecule has 2 aromatic carbocycles. The van der Waals surface area contributed by atoms with Crippen LogP contribution in [0.2, 0.25) is 0 Å². The van der Waals surface area contributed by atoms with Crippen molar-refractivity contribution >= 4 is 17.5 Å². The van der Waals surface area contributed by atoms with E-state index in [9.17, 15) is 9.59 Å². The molecule has 0 radical (unpaired) electrons. The van der Waals surface area contributed by atoms with Crippen LogP contribution < -0.4 is 4.90 Å². The maximum atomic E-state index is 13.3. The Balaban J connectivity index is 1.42. The summed E-state index contributed by atoms with van der Waals surface area (Å²) in [7, 11) is 0.